The van der Waals surface area contributed by atoms with Gasteiger partial charge in [-0.25, -0.2) is 4.39 Å². The highest BCUT2D eigenvalue weighted by molar-refractivity contribution is 5.88. The van der Waals surface area contributed by atoms with Gasteiger partial charge < -0.3 is 10.2 Å². The SMILES string of the molecule is CCC(C(=O)NC(C)(C)C)N(Cc1ccccc1)C(=O)Cc1ccccc1F. The fourth-order valence-electron chi connectivity index (χ4n) is 3.06. The third kappa shape index (κ3) is 6.19. The zero-order chi connectivity index (χ0) is 20.7. The summed E-state index contributed by atoms with van der Waals surface area (Å²) in [7, 11) is 0. The molecule has 2 aromatic carbocycles. The van der Waals surface area contributed by atoms with Crippen molar-refractivity contribution in [2.75, 3.05) is 0 Å². The first-order valence-electron chi connectivity index (χ1n) is 9.60. The van der Waals surface area contributed by atoms with Crippen molar-refractivity contribution in [1.29, 1.82) is 0 Å². The summed E-state index contributed by atoms with van der Waals surface area (Å²) in [4.78, 5) is 27.5. The van der Waals surface area contributed by atoms with Gasteiger partial charge in [-0.2, -0.15) is 0 Å². The second-order valence-electron chi connectivity index (χ2n) is 7.94. The average molecular weight is 384 g/mol. The van der Waals surface area contributed by atoms with Crippen LogP contribution in [-0.4, -0.2) is 28.3 Å². The molecule has 150 valence electrons. The molecule has 0 saturated heterocycles. The Morgan fingerprint density at radius 1 is 1.04 bits per heavy atom. The Bertz CT molecular complexity index is 800. The predicted molar refractivity (Wildman–Crippen MR) is 109 cm³/mol. The van der Waals surface area contributed by atoms with Crippen LogP contribution in [0.25, 0.3) is 0 Å². The third-order valence-electron chi connectivity index (χ3n) is 4.38. The lowest BCUT2D eigenvalue weighted by Gasteiger charge is -2.33. The lowest BCUT2D eigenvalue weighted by atomic mass is 10.0. The molecular formula is C23H29FN2O2. The molecule has 0 bridgehead atoms. The number of carbonyl (C=O) groups is 2. The molecule has 2 rings (SSSR count). The summed E-state index contributed by atoms with van der Waals surface area (Å²) < 4.78 is 14.1. The van der Waals surface area contributed by atoms with E-state index >= 15 is 0 Å². The van der Waals surface area contributed by atoms with Crippen molar-refractivity contribution >= 4 is 11.8 Å². The summed E-state index contributed by atoms with van der Waals surface area (Å²) in [6, 6.07) is 15.1. The van der Waals surface area contributed by atoms with Gasteiger partial charge in [0.1, 0.15) is 11.9 Å². The molecule has 5 heteroatoms. The number of halogens is 1. The molecule has 0 aliphatic heterocycles. The van der Waals surface area contributed by atoms with Crippen LogP contribution in [0, 0.1) is 5.82 Å². The van der Waals surface area contributed by atoms with E-state index in [1.54, 1.807) is 23.1 Å². The fourth-order valence-corrected chi connectivity index (χ4v) is 3.06. The molecule has 0 saturated carbocycles. The second-order valence-corrected chi connectivity index (χ2v) is 7.94. The minimum Gasteiger partial charge on any atom is -0.350 e. The van der Waals surface area contributed by atoms with Gasteiger partial charge in [0.25, 0.3) is 0 Å². The van der Waals surface area contributed by atoms with E-state index in [4.69, 9.17) is 0 Å². The zero-order valence-corrected chi connectivity index (χ0v) is 17.0. The summed E-state index contributed by atoms with van der Waals surface area (Å²) >= 11 is 0. The molecule has 2 amide bonds. The molecule has 0 spiro atoms. The molecular weight excluding hydrogens is 355 g/mol. The molecule has 0 aliphatic rings. The average Bonchev–Trinajstić information content (AvgIpc) is 2.62. The lowest BCUT2D eigenvalue weighted by Crippen LogP contribution is -2.53. The van der Waals surface area contributed by atoms with Gasteiger partial charge in [0.05, 0.1) is 6.42 Å². The second kappa shape index (κ2) is 9.49. The zero-order valence-electron chi connectivity index (χ0n) is 17.0. The smallest absolute Gasteiger partial charge is 0.243 e. The van der Waals surface area contributed by atoms with Gasteiger partial charge in [0.15, 0.2) is 0 Å². The van der Waals surface area contributed by atoms with Gasteiger partial charge in [-0.15, -0.1) is 0 Å². The summed E-state index contributed by atoms with van der Waals surface area (Å²) in [5.74, 6) is -0.889. The highest BCUT2D eigenvalue weighted by atomic mass is 19.1. The lowest BCUT2D eigenvalue weighted by molar-refractivity contribution is -0.141. The Balaban J connectivity index is 2.30. The number of hydrogen-bond acceptors (Lipinski definition) is 2. The summed E-state index contributed by atoms with van der Waals surface area (Å²) in [6.07, 6.45) is 0.385. The van der Waals surface area contributed by atoms with Crippen molar-refractivity contribution in [2.24, 2.45) is 0 Å². The van der Waals surface area contributed by atoms with Crippen LogP contribution >= 0.6 is 0 Å². The quantitative estimate of drug-likeness (QED) is 0.782. The number of nitrogens with zero attached hydrogens (tertiary/aromatic N) is 1. The highest BCUT2D eigenvalue weighted by Crippen LogP contribution is 2.16. The van der Waals surface area contributed by atoms with Gasteiger partial charge >= 0.3 is 0 Å². The molecule has 0 heterocycles. The monoisotopic (exact) mass is 384 g/mol. The Kier molecular flexibility index (Phi) is 7.32. The Labute approximate surface area is 166 Å². The fraction of sp³-hybridized carbons (Fsp3) is 0.391. The summed E-state index contributed by atoms with van der Waals surface area (Å²) in [6.45, 7) is 7.88. The molecule has 0 radical (unpaired) electrons. The first-order chi connectivity index (χ1) is 13.2. The standard InChI is InChI=1S/C23H29FN2O2/c1-5-20(22(28)25-23(2,3)4)26(16-17-11-7-6-8-12-17)21(27)15-18-13-9-10-14-19(18)24/h6-14,20H,5,15-16H2,1-4H3,(H,25,28). The normalized spacial score (nSPS) is 12.3. The van der Waals surface area contributed by atoms with E-state index in [1.807, 2.05) is 58.0 Å². The van der Waals surface area contributed by atoms with Crippen molar-refractivity contribution < 1.29 is 14.0 Å². The highest BCUT2D eigenvalue weighted by Gasteiger charge is 2.30. The van der Waals surface area contributed by atoms with E-state index in [0.717, 1.165) is 5.56 Å². The minimum atomic E-state index is -0.626. The molecule has 1 atom stereocenters. The molecule has 4 nitrogen and oxygen atoms in total. The maximum absolute atomic E-state index is 14.1. The van der Waals surface area contributed by atoms with Gasteiger partial charge in [-0.3, -0.25) is 9.59 Å². The van der Waals surface area contributed by atoms with E-state index < -0.39 is 17.4 Å². The molecule has 1 unspecified atom stereocenters. The maximum Gasteiger partial charge on any atom is 0.243 e. The minimum absolute atomic E-state index is 0.0845. The van der Waals surface area contributed by atoms with Crippen molar-refractivity contribution in [3.05, 3.63) is 71.5 Å². The molecule has 2 aromatic rings. The van der Waals surface area contributed by atoms with Crippen LogP contribution < -0.4 is 5.32 Å². The Hall–Kier alpha value is -2.69. The van der Waals surface area contributed by atoms with Gasteiger partial charge in [0.2, 0.25) is 11.8 Å². The van der Waals surface area contributed by atoms with E-state index in [1.165, 1.54) is 6.07 Å². The Morgan fingerprint density at radius 3 is 2.21 bits per heavy atom. The Morgan fingerprint density at radius 2 is 1.64 bits per heavy atom. The van der Waals surface area contributed by atoms with Gasteiger partial charge in [-0.1, -0.05) is 55.5 Å². The van der Waals surface area contributed by atoms with E-state index in [9.17, 15) is 14.0 Å². The molecule has 0 aliphatic carbocycles. The molecule has 0 aromatic heterocycles. The van der Waals surface area contributed by atoms with E-state index in [2.05, 4.69) is 5.32 Å². The molecule has 28 heavy (non-hydrogen) atoms. The van der Waals surface area contributed by atoms with Crippen molar-refractivity contribution in [3.63, 3.8) is 0 Å². The van der Waals surface area contributed by atoms with Crippen LogP contribution in [0.15, 0.2) is 54.6 Å². The third-order valence-corrected chi connectivity index (χ3v) is 4.38. The number of benzene rings is 2. The molecule has 0 fully saturated rings. The van der Waals surface area contributed by atoms with Crippen LogP contribution in [0.3, 0.4) is 0 Å². The van der Waals surface area contributed by atoms with Gasteiger partial charge in [0, 0.05) is 12.1 Å². The van der Waals surface area contributed by atoms with Crippen LogP contribution in [0.5, 0.6) is 0 Å². The van der Waals surface area contributed by atoms with Crippen LogP contribution in [-0.2, 0) is 22.6 Å². The van der Waals surface area contributed by atoms with Crippen LogP contribution in [0.1, 0.15) is 45.2 Å². The maximum atomic E-state index is 14.1. The van der Waals surface area contributed by atoms with Crippen molar-refractivity contribution in [1.82, 2.24) is 10.2 Å². The predicted octanol–water partition coefficient (Wildman–Crippen LogP) is 4.09. The number of nitrogens with one attached hydrogen (secondary N) is 1. The van der Waals surface area contributed by atoms with Gasteiger partial charge in [-0.05, 0) is 44.4 Å². The summed E-state index contributed by atoms with van der Waals surface area (Å²) in [5, 5.41) is 2.96. The van der Waals surface area contributed by atoms with Crippen molar-refractivity contribution in [2.45, 2.75) is 58.7 Å². The number of rotatable bonds is 7. The van der Waals surface area contributed by atoms with E-state index in [0.29, 0.717) is 18.5 Å². The first kappa shape index (κ1) is 21.6. The number of carbonyl (C=O) groups excluding carboxylic acids is 2. The number of amides is 2. The summed E-state index contributed by atoms with van der Waals surface area (Å²) in [5.41, 5.74) is 0.848. The first-order valence-corrected chi connectivity index (χ1v) is 9.60. The van der Waals surface area contributed by atoms with Crippen LogP contribution in [0.2, 0.25) is 0 Å². The molecule has 1 N–H and O–H groups in total. The number of hydrogen-bond donors (Lipinski definition) is 1. The largest absolute Gasteiger partial charge is 0.350 e. The van der Waals surface area contributed by atoms with Crippen LogP contribution in [0.4, 0.5) is 4.39 Å². The van der Waals surface area contributed by atoms with E-state index in [-0.39, 0.29) is 18.2 Å². The topological polar surface area (TPSA) is 49.4 Å². The van der Waals surface area contributed by atoms with Crippen molar-refractivity contribution in [3.8, 4) is 0 Å².